The van der Waals surface area contributed by atoms with Gasteiger partial charge in [-0.3, -0.25) is 9.36 Å². The van der Waals surface area contributed by atoms with Crippen LogP contribution in [0, 0.1) is 0 Å². The maximum absolute atomic E-state index is 11.3. The van der Waals surface area contributed by atoms with Crippen LogP contribution >= 0.6 is 0 Å². The Kier molecular flexibility index (Phi) is 3.26. The molecule has 0 atom stereocenters. The van der Waals surface area contributed by atoms with Crippen LogP contribution in [0.3, 0.4) is 0 Å². The van der Waals surface area contributed by atoms with Crippen LogP contribution in [0.15, 0.2) is 41.6 Å². The zero-order valence-corrected chi connectivity index (χ0v) is 12.3. The van der Waals surface area contributed by atoms with E-state index in [0.717, 1.165) is 23.1 Å². The van der Waals surface area contributed by atoms with E-state index >= 15 is 0 Å². The second-order valence-electron chi connectivity index (χ2n) is 4.70. The third kappa shape index (κ3) is 2.55. The summed E-state index contributed by atoms with van der Waals surface area (Å²) in [6, 6.07) is 7.92. The van der Waals surface area contributed by atoms with Gasteiger partial charge in [-0.2, -0.15) is 10.2 Å². The van der Waals surface area contributed by atoms with Gasteiger partial charge in [0.15, 0.2) is 0 Å². The molecule has 0 spiro atoms. The fourth-order valence-electron chi connectivity index (χ4n) is 2.29. The maximum atomic E-state index is 11.3. The van der Waals surface area contributed by atoms with Gasteiger partial charge in [0, 0.05) is 18.1 Å². The molecule has 0 amide bonds. The van der Waals surface area contributed by atoms with Gasteiger partial charge < -0.3 is 0 Å². The summed E-state index contributed by atoms with van der Waals surface area (Å²) >= 11 is 0. The number of hydrogen-bond acceptors (Lipinski definition) is 4. The van der Waals surface area contributed by atoms with Crippen molar-refractivity contribution in [1.82, 2.24) is 19.6 Å². The number of aromatic nitrogens is 4. The topological polar surface area (TPSA) is 95.8 Å². The molecule has 110 valence electrons. The number of nitrogens with two attached hydrogens (primary N) is 1. The summed E-state index contributed by atoms with van der Waals surface area (Å²) in [7, 11) is -3.73. The first-order chi connectivity index (χ1) is 9.99. The normalized spacial score (nSPS) is 12.1. The molecule has 2 N–H and O–H groups in total. The molecule has 2 aromatic heterocycles. The van der Waals surface area contributed by atoms with Crippen LogP contribution in [-0.2, 0) is 23.1 Å². The van der Waals surface area contributed by atoms with E-state index in [2.05, 4.69) is 10.2 Å². The highest BCUT2D eigenvalue weighted by molar-refractivity contribution is 7.89. The van der Waals surface area contributed by atoms with Crippen LogP contribution in [0.25, 0.3) is 10.9 Å². The molecule has 0 aliphatic rings. The van der Waals surface area contributed by atoms with Gasteiger partial charge in [-0.05, 0) is 13.0 Å². The lowest BCUT2D eigenvalue weighted by molar-refractivity contribution is 0.597. The first kappa shape index (κ1) is 13.8. The smallest absolute Gasteiger partial charge is 0.241 e. The van der Waals surface area contributed by atoms with Crippen LogP contribution < -0.4 is 5.14 Å². The van der Waals surface area contributed by atoms with Crippen molar-refractivity contribution >= 4 is 20.9 Å². The highest BCUT2D eigenvalue weighted by Gasteiger charge is 2.13. The van der Waals surface area contributed by atoms with Crippen LogP contribution in [0.2, 0.25) is 0 Å². The Morgan fingerprint density at radius 1 is 1.29 bits per heavy atom. The van der Waals surface area contributed by atoms with Gasteiger partial charge in [-0.25, -0.2) is 13.6 Å². The minimum atomic E-state index is -3.73. The molecular formula is C13H15N5O2S. The minimum absolute atomic E-state index is 0.00160. The van der Waals surface area contributed by atoms with Crippen molar-refractivity contribution in [2.24, 2.45) is 5.14 Å². The lowest BCUT2D eigenvalue weighted by Gasteiger charge is -1.98. The number of sulfonamides is 1. The van der Waals surface area contributed by atoms with Gasteiger partial charge in [0.05, 0.1) is 24.0 Å². The molecule has 21 heavy (non-hydrogen) atoms. The monoisotopic (exact) mass is 305 g/mol. The molecule has 3 rings (SSSR count). The Morgan fingerprint density at radius 3 is 2.71 bits per heavy atom. The summed E-state index contributed by atoms with van der Waals surface area (Å²) in [5.41, 5.74) is 1.89. The number of aryl methyl sites for hydroxylation is 1. The number of nitrogens with zero attached hydrogens (tertiary/aromatic N) is 4. The van der Waals surface area contributed by atoms with Gasteiger partial charge in [0.1, 0.15) is 4.90 Å². The van der Waals surface area contributed by atoms with Crippen LogP contribution in [0.5, 0.6) is 0 Å². The van der Waals surface area contributed by atoms with E-state index in [1.54, 1.807) is 0 Å². The molecule has 0 aliphatic carbocycles. The van der Waals surface area contributed by atoms with Gasteiger partial charge >= 0.3 is 0 Å². The minimum Gasteiger partial charge on any atom is -0.265 e. The first-order valence-electron chi connectivity index (χ1n) is 6.48. The third-order valence-corrected chi connectivity index (χ3v) is 4.15. The van der Waals surface area contributed by atoms with E-state index in [9.17, 15) is 8.42 Å². The molecular weight excluding hydrogens is 290 g/mol. The largest absolute Gasteiger partial charge is 0.265 e. The van der Waals surface area contributed by atoms with Gasteiger partial charge in [-0.15, -0.1) is 0 Å². The van der Waals surface area contributed by atoms with Gasteiger partial charge in [0.2, 0.25) is 10.0 Å². The Balaban J connectivity index is 2.00. The number of rotatable bonds is 4. The van der Waals surface area contributed by atoms with E-state index in [4.69, 9.17) is 5.14 Å². The average molecular weight is 305 g/mol. The highest BCUT2D eigenvalue weighted by Crippen LogP contribution is 2.19. The first-order valence-corrected chi connectivity index (χ1v) is 8.03. The zero-order chi connectivity index (χ0) is 15.0. The lowest BCUT2D eigenvalue weighted by Crippen LogP contribution is -2.11. The third-order valence-electron chi connectivity index (χ3n) is 3.28. The molecule has 0 radical (unpaired) electrons. The van der Waals surface area contributed by atoms with Crippen LogP contribution in [-0.4, -0.2) is 28.0 Å². The summed E-state index contributed by atoms with van der Waals surface area (Å²) in [6.45, 7) is 3.18. The predicted octanol–water partition coefficient (Wildman–Crippen LogP) is 0.948. The average Bonchev–Trinajstić information content (AvgIpc) is 3.04. The fourth-order valence-corrected chi connectivity index (χ4v) is 2.75. The highest BCUT2D eigenvalue weighted by atomic mass is 32.2. The SMILES string of the molecule is CCn1nc(Cn2cc(S(N)(=O)=O)cn2)c2ccccc21. The molecule has 0 bridgehead atoms. The molecule has 2 heterocycles. The number of benzene rings is 1. The van der Waals surface area contributed by atoms with E-state index < -0.39 is 10.0 Å². The van der Waals surface area contributed by atoms with E-state index in [1.807, 2.05) is 35.9 Å². The van der Waals surface area contributed by atoms with Crippen LogP contribution in [0.4, 0.5) is 0 Å². The number of primary sulfonamides is 1. The Morgan fingerprint density at radius 2 is 2.05 bits per heavy atom. The van der Waals surface area contributed by atoms with E-state index in [-0.39, 0.29) is 4.90 Å². The quantitative estimate of drug-likeness (QED) is 0.776. The van der Waals surface area contributed by atoms with Gasteiger partial charge in [0.25, 0.3) is 0 Å². The Bertz CT molecular complexity index is 894. The van der Waals surface area contributed by atoms with Crippen molar-refractivity contribution in [3.63, 3.8) is 0 Å². The standard InChI is InChI=1S/C13H15N5O2S/c1-2-18-13-6-4-3-5-11(13)12(16-18)9-17-8-10(7-15-17)21(14,19)20/h3-8H,2,9H2,1H3,(H2,14,19,20). The van der Waals surface area contributed by atoms with E-state index in [0.29, 0.717) is 6.54 Å². The summed E-state index contributed by atoms with van der Waals surface area (Å²) in [5, 5.41) is 14.7. The molecule has 7 nitrogen and oxygen atoms in total. The summed E-state index contributed by atoms with van der Waals surface area (Å²) in [4.78, 5) is 0.00160. The zero-order valence-electron chi connectivity index (χ0n) is 11.5. The van der Waals surface area contributed by atoms with Crippen LogP contribution in [0.1, 0.15) is 12.6 Å². The molecule has 3 aromatic rings. The number of fused-ring (bicyclic) bond motifs is 1. The van der Waals surface area contributed by atoms with Gasteiger partial charge in [-0.1, -0.05) is 18.2 Å². The molecule has 0 saturated heterocycles. The number of para-hydroxylation sites is 1. The molecule has 0 unspecified atom stereocenters. The predicted molar refractivity (Wildman–Crippen MR) is 78.1 cm³/mol. The number of hydrogen-bond donors (Lipinski definition) is 1. The van der Waals surface area contributed by atoms with Crippen molar-refractivity contribution in [1.29, 1.82) is 0 Å². The van der Waals surface area contributed by atoms with Crippen molar-refractivity contribution < 1.29 is 8.42 Å². The molecule has 0 aliphatic heterocycles. The Labute approximate surface area is 122 Å². The second kappa shape index (κ2) is 4.97. The van der Waals surface area contributed by atoms with E-state index in [1.165, 1.54) is 17.1 Å². The summed E-state index contributed by atoms with van der Waals surface area (Å²) in [6.07, 6.45) is 2.66. The summed E-state index contributed by atoms with van der Waals surface area (Å²) < 4.78 is 26.0. The maximum Gasteiger partial charge on any atom is 0.241 e. The van der Waals surface area contributed by atoms with Crippen molar-refractivity contribution in [3.05, 3.63) is 42.4 Å². The van der Waals surface area contributed by atoms with Crippen molar-refractivity contribution in [2.75, 3.05) is 0 Å². The lowest BCUT2D eigenvalue weighted by atomic mass is 10.2. The fraction of sp³-hybridized carbons (Fsp3) is 0.231. The van der Waals surface area contributed by atoms with Crippen molar-refractivity contribution in [3.8, 4) is 0 Å². The van der Waals surface area contributed by atoms with Crippen molar-refractivity contribution in [2.45, 2.75) is 24.9 Å². The molecule has 8 heteroatoms. The molecule has 1 aromatic carbocycles. The molecule has 0 fully saturated rings. The second-order valence-corrected chi connectivity index (χ2v) is 6.26. The Hall–Kier alpha value is -2.19. The molecule has 0 saturated carbocycles. The summed E-state index contributed by atoms with van der Waals surface area (Å²) in [5.74, 6) is 0.